The molecule has 0 radical (unpaired) electrons. The molecule has 4 aromatic rings. The third-order valence-electron chi connectivity index (χ3n) is 5.79. The fraction of sp³-hybridized carbons (Fsp3) is 0.240. The summed E-state index contributed by atoms with van der Waals surface area (Å²) in [5.74, 6) is -0.556. The van der Waals surface area contributed by atoms with Crippen LogP contribution in [0.15, 0.2) is 58.5 Å². The molecular formula is C25H23FN4O2S2. The molecule has 0 spiro atoms. The van der Waals surface area contributed by atoms with Crippen molar-refractivity contribution in [3.8, 4) is 5.69 Å². The Morgan fingerprint density at radius 1 is 1.18 bits per heavy atom. The molecule has 1 N–H and O–H groups in total. The second-order valence-electron chi connectivity index (χ2n) is 8.39. The van der Waals surface area contributed by atoms with E-state index in [4.69, 9.17) is 4.98 Å². The van der Waals surface area contributed by atoms with Crippen molar-refractivity contribution in [2.45, 2.75) is 25.0 Å². The number of rotatable bonds is 5. The molecule has 3 heterocycles. The van der Waals surface area contributed by atoms with Gasteiger partial charge in [-0.05, 0) is 62.4 Å². The summed E-state index contributed by atoms with van der Waals surface area (Å²) in [7, 11) is 2.08. The van der Waals surface area contributed by atoms with Crippen molar-refractivity contribution in [1.29, 1.82) is 0 Å². The van der Waals surface area contributed by atoms with E-state index in [0.29, 0.717) is 16.2 Å². The van der Waals surface area contributed by atoms with Crippen molar-refractivity contribution in [3.05, 3.63) is 80.7 Å². The van der Waals surface area contributed by atoms with E-state index in [1.54, 1.807) is 15.9 Å². The number of aryl methyl sites for hydroxylation is 1. The highest BCUT2D eigenvalue weighted by atomic mass is 32.2. The quantitative estimate of drug-likeness (QED) is 0.324. The first kappa shape index (κ1) is 22.8. The Hall–Kier alpha value is -3.01. The molecule has 9 heteroatoms. The summed E-state index contributed by atoms with van der Waals surface area (Å²) in [6, 6.07) is 13.3. The highest BCUT2D eigenvalue weighted by molar-refractivity contribution is 7.99. The topological polar surface area (TPSA) is 67.2 Å². The van der Waals surface area contributed by atoms with E-state index in [1.165, 1.54) is 40.9 Å². The molecule has 0 fully saturated rings. The van der Waals surface area contributed by atoms with Gasteiger partial charge in [0.15, 0.2) is 5.16 Å². The van der Waals surface area contributed by atoms with Gasteiger partial charge in [0.1, 0.15) is 10.6 Å². The van der Waals surface area contributed by atoms with Gasteiger partial charge >= 0.3 is 0 Å². The largest absolute Gasteiger partial charge is 0.325 e. The molecule has 174 valence electrons. The Morgan fingerprint density at radius 3 is 2.65 bits per heavy atom. The van der Waals surface area contributed by atoms with Crippen LogP contribution in [0.4, 0.5) is 10.1 Å². The molecule has 2 aromatic carbocycles. The number of halogens is 1. The Kier molecular flexibility index (Phi) is 6.24. The molecule has 1 aliphatic heterocycles. The van der Waals surface area contributed by atoms with E-state index in [-0.39, 0.29) is 23.0 Å². The minimum atomic E-state index is -0.364. The Labute approximate surface area is 204 Å². The third-order valence-corrected chi connectivity index (χ3v) is 7.84. The van der Waals surface area contributed by atoms with E-state index in [2.05, 4.69) is 17.3 Å². The molecule has 0 saturated carbocycles. The number of carbonyl (C=O) groups excluding carboxylic acids is 1. The van der Waals surface area contributed by atoms with Crippen molar-refractivity contribution in [3.63, 3.8) is 0 Å². The number of hydrogen-bond acceptors (Lipinski definition) is 6. The molecule has 0 bridgehead atoms. The van der Waals surface area contributed by atoms with Crippen molar-refractivity contribution in [1.82, 2.24) is 14.5 Å². The molecule has 1 aliphatic rings. The Balaban J connectivity index is 1.52. The lowest BCUT2D eigenvalue weighted by atomic mass is 10.1. The molecule has 6 nitrogen and oxygen atoms in total. The molecular weight excluding hydrogens is 471 g/mol. The van der Waals surface area contributed by atoms with Crippen molar-refractivity contribution in [2.75, 3.05) is 24.7 Å². The van der Waals surface area contributed by atoms with Crippen LogP contribution in [0, 0.1) is 12.7 Å². The molecule has 0 saturated heterocycles. The minimum Gasteiger partial charge on any atom is -0.325 e. The summed E-state index contributed by atoms with van der Waals surface area (Å²) in [6.45, 7) is 3.71. The molecule has 5 rings (SSSR count). The Morgan fingerprint density at radius 2 is 1.91 bits per heavy atom. The van der Waals surface area contributed by atoms with E-state index in [0.717, 1.165) is 41.2 Å². The van der Waals surface area contributed by atoms with Gasteiger partial charge in [-0.3, -0.25) is 14.2 Å². The SMILES string of the molecule is Cc1ccc(-n2c(SCC(=O)Nc3ccc(F)cc3)nc3sc4c(c3c2=O)CCN(C)C4)cc1. The Bertz CT molecular complexity index is 1430. The number of benzene rings is 2. The predicted molar refractivity (Wildman–Crippen MR) is 136 cm³/mol. The number of nitrogens with zero attached hydrogens (tertiary/aromatic N) is 3. The van der Waals surface area contributed by atoms with Gasteiger partial charge in [-0.2, -0.15) is 0 Å². The average molecular weight is 495 g/mol. The number of thiophene rings is 1. The first-order chi connectivity index (χ1) is 16.4. The number of hydrogen-bond donors (Lipinski definition) is 1. The van der Waals surface area contributed by atoms with Crippen LogP contribution in [-0.2, 0) is 17.8 Å². The fourth-order valence-electron chi connectivity index (χ4n) is 4.03. The molecule has 2 aromatic heterocycles. The molecule has 0 unspecified atom stereocenters. The first-order valence-corrected chi connectivity index (χ1v) is 12.7. The van der Waals surface area contributed by atoms with Crippen LogP contribution in [0.2, 0.25) is 0 Å². The second-order valence-corrected chi connectivity index (χ2v) is 10.4. The maximum absolute atomic E-state index is 13.8. The normalized spacial score (nSPS) is 13.7. The lowest BCUT2D eigenvalue weighted by Gasteiger charge is -2.21. The monoisotopic (exact) mass is 494 g/mol. The predicted octanol–water partition coefficient (Wildman–Crippen LogP) is 4.61. The van der Waals surface area contributed by atoms with Crippen LogP contribution in [0.1, 0.15) is 16.0 Å². The van der Waals surface area contributed by atoms with Crippen LogP contribution in [0.5, 0.6) is 0 Å². The number of nitrogens with one attached hydrogen (secondary N) is 1. The minimum absolute atomic E-state index is 0.0645. The number of aromatic nitrogens is 2. The fourth-order valence-corrected chi connectivity index (χ4v) is 6.18. The highest BCUT2D eigenvalue weighted by Crippen LogP contribution is 2.34. The zero-order valence-electron chi connectivity index (χ0n) is 18.8. The average Bonchev–Trinajstić information content (AvgIpc) is 3.17. The van der Waals surface area contributed by atoms with Gasteiger partial charge in [-0.15, -0.1) is 11.3 Å². The number of fused-ring (bicyclic) bond motifs is 3. The van der Waals surface area contributed by atoms with Crippen LogP contribution in [0.3, 0.4) is 0 Å². The van der Waals surface area contributed by atoms with Crippen molar-refractivity contribution < 1.29 is 9.18 Å². The summed E-state index contributed by atoms with van der Waals surface area (Å²) in [6.07, 6.45) is 0.823. The zero-order chi connectivity index (χ0) is 23.8. The number of likely N-dealkylation sites (N-methyl/N-ethyl adjacent to an activating group) is 1. The summed E-state index contributed by atoms with van der Waals surface area (Å²) in [5.41, 5.74) is 3.33. The van der Waals surface area contributed by atoms with E-state index >= 15 is 0 Å². The summed E-state index contributed by atoms with van der Waals surface area (Å²) >= 11 is 2.77. The summed E-state index contributed by atoms with van der Waals surface area (Å²) in [4.78, 5) is 35.3. The van der Waals surface area contributed by atoms with Gasteiger partial charge in [0.05, 0.1) is 16.8 Å². The van der Waals surface area contributed by atoms with E-state index in [1.807, 2.05) is 31.2 Å². The van der Waals surface area contributed by atoms with Gasteiger partial charge in [0, 0.05) is 23.7 Å². The smallest absolute Gasteiger partial charge is 0.267 e. The number of thioether (sulfide) groups is 1. The zero-order valence-corrected chi connectivity index (χ0v) is 20.4. The molecule has 0 atom stereocenters. The van der Waals surface area contributed by atoms with Gasteiger partial charge in [0.25, 0.3) is 5.56 Å². The number of carbonyl (C=O) groups is 1. The lowest BCUT2D eigenvalue weighted by Crippen LogP contribution is -2.27. The number of anilines is 1. The summed E-state index contributed by atoms with van der Waals surface area (Å²) in [5, 5.41) is 3.92. The van der Waals surface area contributed by atoms with Crippen LogP contribution in [-0.4, -0.2) is 39.7 Å². The number of amides is 1. The third kappa shape index (κ3) is 4.51. The molecule has 34 heavy (non-hydrogen) atoms. The van der Waals surface area contributed by atoms with Crippen LogP contribution < -0.4 is 10.9 Å². The van der Waals surface area contributed by atoms with E-state index < -0.39 is 0 Å². The standard InChI is InChI=1S/C25H23FN4O2S2/c1-15-3-9-18(10-4-15)30-24(32)22-19-11-12-29(2)13-20(19)34-23(22)28-25(30)33-14-21(31)27-17-7-5-16(26)6-8-17/h3-10H,11-14H2,1-2H3,(H,27,31). The van der Waals surface area contributed by atoms with Gasteiger partial charge in [-0.1, -0.05) is 29.5 Å². The van der Waals surface area contributed by atoms with Crippen molar-refractivity contribution in [2.24, 2.45) is 0 Å². The van der Waals surface area contributed by atoms with Gasteiger partial charge in [-0.25, -0.2) is 9.37 Å². The van der Waals surface area contributed by atoms with Crippen molar-refractivity contribution >= 4 is 44.9 Å². The van der Waals surface area contributed by atoms with Crippen LogP contribution in [0.25, 0.3) is 15.9 Å². The molecule has 1 amide bonds. The van der Waals surface area contributed by atoms with Gasteiger partial charge < -0.3 is 10.2 Å². The van der Waals surface area contributed by atoms with Crippen LogP contribution >= 0.6 is 23.1 Å². The summed E-state index contributed by atoms with van der Waals surface area (Å²) < 4.78 is 14.8. The second kappa shape index (κ2) is 9.32. The lowest BCUT2D eigenvalue weighted by molar-refractivity contribution is -0.113. The maximum atomic E-state index is 13.8. The molecule has 0 aliphatic carbocycles. The maximum Gasteiger partial charge on any atom is 0.267 e. The highest BCUT2D eigenvalue weighted by Gasteiger charge is 2.24. The van der Waals surface area contributed by atoms with E-state index in [9.17, 15) is 14.0 Å². The first-order valence-electron chi connectivity index (χ1n) is 10.9. The van der Waals surface area contributed by atoms with Gasteiger partial charge in [0.2, 0.25) is 5.91 Å².